The average Bonchev–Trinajstić information content (AvgIpc) is 3.21. The van der Waals surface area contributed by atoms with Gasteiger partial charge in [-0.05, 0) is 111 Å². The molecule has 5 aliphatic rings. The van der Waals surface area contributed by atoms with Crippen LogP contribution < -0.4 is 5.11 Å². The van der Waals surface area contributed by atoms with Crippen LogP contribution in [0.3, 0.4) is 0 Å². The van der Waals surface area contributed by atoms with Crippen molar-refractivity contribution in [2.24, 2.45) is 46.3 Å². The van der Waals surface area contributed by atoms with E-state index in [2.05, 4.69) is 40.7 Å². The van der Waals surface area contributed by atoms with Gasteiger partial charge in [0.2, 0.25) is 0 Å². The van der Waals surface area contributed by atoms with E-state index < -0.39 is 12.4 Å². The first kappa shape index (κ1) is 28.1. The molecular weight excluding hydrogens is 460 g/mol. The number of aliphatic hydroxyl groups excluding tert-OH is 1. The van der Waals surface area contributed by atoms with E-state index in [4.69, 9.17) is 9.47 Å². The van der Waals surface area contributed by atoms with Crippen LogP contribution in [0.5, 0.6) is 0 Å². The Morgan fingerprint density at radius 2 is 1.86 bits per heavy atom. The van der Waals surface area contributed by atoms with Crippen LogP contribution in [0, 0.1) is 46.3 Å². The summed E-state index contributed by atoms with van der Waals surface area (Å²) in [7, 11) is 0. The summed E-state index contributed by atoms with van der Waals surface area (Å²) in [6.45, 7) is 12.5. The van der Waals surface area contributed by atoms with Crippen LogP contribution in [-0.2, 0) is 9.47 Å². The van der Waals surface area contributed by atoms with Crippen LogP contribution in [0.25, 0.3) is 0 Å². The molecule has 0 radical (unpaired) electrons. The summed E-state index contributed by atoms with van der Waals surface area (Å²) in [6.07, 6.45) is 16.5. The van der Waals surface area contributed by atoms with Gasteiger partial charge >= 0.3 is 0 Å². The molecular formula is C33H55O4-. The highest BCUT2D eigenvalue weighted by Gasteiger charge is 2.59. The fraction of sp³-hybridized carbons (Fsp3) is 0.939. The summed E-state index contributed by atoms with van der Waals surface area (Å²) < 4.78 is 12.3. The van der Waals surface area contributed by atoms with E-state index in [0.717, 1.165) is 48.3 Å². The third-order valence-corrected chi connectivity index (χ3v) is 12.1. The van der Waals surface area contributed by atoms with Crippen LogP contribution in [0.4, 0.5) is 0 Å². The van der Waals surface area contributed by atoms with Crippen molar-refractivity contribution in [2.45, 2.75) is 143 Å². The molecule has 37 heavy (non-hydrogen) atoms. The Morgan fingerprint density at radius 1 is 1.05 bits per heavy atom. The summed E-state index contributed by atoms with van der Waals surface area (Å²) in [4.78, 5) is 0. The third-order valence-electron chi connectivity index (χ3n) is 12.1. The Bertz CT molecular complexity index is 808. The minimum Gasteiger partial charge on any atom is -0.852 e. The second-order valence-corrected chi connectivity index (χ2v) is 14.8. The molecule has 1 N–H and O–H groups in total. The highest BCUT2D eigenvalue weighted by Crippen LogP contribution is 2.67. The first-order valence-electron chi connectivity index (χ1n) is 15.9. The summed E-state index contributed by atoms with van der Waals surface area (Å²) in [5, 5.41) is 21.7. The molecule has 4 heteroatoms. The maximum Gasteiger partial charge on any atom is 0.157 e. The van der Waals surface area contributed by atoms with E-state index in [9.17, 15) is 10.2 Å². The molecule has 11 atom stereocenters. The summed E-state index contributed by atoms with van der Waals surface area (Å²) in [5.41, 5.74) is 2.47. The zero-order valence-corrected chi connectivity index (χ0v) is 24.4. The maximum atomic E-state index is 12.2. The third kappa shape index (κ3) is 5.48. The minimum atomic E-state index is -0.691. The predicted octanol–water partition coefficient (Wildman–Crippen LogP) is 6.64. The second-order valence-electron chi connectivity index (χ2n) is 14.8. The predicted molar refractivity (Wildman–Crippen MR) is 147 cm³/mol. The number of ether oxygens (including phenoxy) is 2. The molecule has 1 heterocycles. The highest BCUT2D eigenvalue weighted by atomic mass is 16.7. The van der Waals surface area contributed by atoms with Crippen molar-refractivity contribution in [3.8, 4) is 0 Å². The molecule has 0 aromatic heterocycles. The topological polar surface area (TPSA) is 61.8 Å². The van der Waals surface area contributed by atoms with Gasteiger partial charge in [0.25, 0.3) is 0 Å². The van der Waals surface area contributed by atoms with Crippen molar-refractivity contribution >= 4 is 0 Å². The quantitative estimate of drug-likeness (QED) is 0.368. The molecule has 0 aromatic rings. The van der Waals surface area contributed by atoms with E-state index in [0.29, 0.717) is 23.7 Å². The van der Waals surface area contributed by atoms with Gasteiger partial charge in [-0.1, -0.05) is 65.5 Å². The number of hydrogen-bond acceptors (Lipinski definition) is 4. The molecule has 1 saturated heterocycles. The highest BCUT2D eigenvalue weighted by molar-refractivity contribution is 5.25. The van der Waals surface area contributed by atoms with E-state index >= 15 is 0 Å². The van der Waals surface area contributed by atoms with Gasteiger partial charge in [-0.15, -0.1) is 6.10 Å². The number of fused-ring (bicyclic) bond motifs is 5. The van der Waals surface area contributed by atoms with Crippen molar-refractivity contribution in [3.63, 3.8) is 0 Å². The molecule has 5 unspecified atom stereocenters. The lowest BCUT2D eigenvalue weighted by molar-refractivity contribution is -0.447. The van der Waals surface area contributed by atoms with Crippen molar-refractivity contribution in [1.29, 1.82) is 0 Å². The molecule has 4 nitrogen and oxygen atoms in total. The zero-order valence-electron chi connectivity index (χ0n) is 24.4. The Hall–Kier alpha value is -0.420. The van der Waals surface area contributed by atoms with Gasteiger partial charge in [-0.3, -0.25) is 0 Å². The lowest BCUT2D eigenvalue weighted by atomic mass is 9.47. The summed E-state index contributed by atoms with van der Waals surface area (Å²) >= 11 is 0. The first-order valence-corrected chi connectivity index (χ1v) is 15.9. The van der Waals surface area contributed by atoms with Crippen molar-refractivity contribution in [1.82, 2.24) is 0 Å². The molecule has 0 amide bonds. The zero-order chi connectivity index (χ0) is 26.4. The first-order chi connectivity index (χ1) is 17.6. The van der Waals surface area contributed by atoms with Gasteiger partial charge in [-0.2, -0.15) is 0 Å². The Morgan fingerprint density at radius 3 is 2.62 bits per heavy atom. The van der Waals surface area contributed by atoms with Gasteiger partial charge in [0, 0.05) is 0 Å². The molecule has 212 valence electrons. The van der Waals surface area contributed by atoms with Gasteiger partial charge in [0.1, 0.15) is 0 Å². The molecule has 0 aromatic carbocycles. The average molecular weight is 516 g/mol. The SMILES string of the molecule is CC(C)CCCC(C)[C@H]1CCC2C3CC=C4C[C@@H](O[C@H]5C[C@@H]([O-])C[C@@H](CO)O5)CCC4(C)C3CC[C@@]21C. The number of rotatable bonds is 8. The lowest BCUT2D eigenvalue weighted by Gasteiger charge is -2.58. The number of hydrogen-bond donors (Lipinski definition) is 1. The van der Waals surface area contributed by atoms with E-state index in [1.54, 1.807) is 5.57 Å². The normalized spacial score (nSPS) is 46.6. The number of aliphatic hydroxyl groups is 1. The van der Waals surface area contributed by atoms with Crippen LogP contribution in [0.1, 0.15) is 118 Å². The lowest BCUT2D eigenvalue weighted by Crippen LogP contribution is -2.51. The maximum absolute atomic E-state index is 12.2. The molecule has 4 aliphatic carbocycles. The summed E-state index contributed by atoms with van der Waals surface area (Å²) in [6, 6.07) is 0. The molecule has 1 aliphatic heterocycles. The Labute approximate surface area is 227 Å². The second kappa shape index (κ2) is 11.2. The Kier molecular flexibility index (Phi) is 8.53. The van der Waals surface area contributed by atoms with Gasteiger partial charge in [0.15, 0.2) is 6.29 Å². The Balaban J connectivity index is 1.23. The molecule has 4 fully saturated rings. The summed E-state index contributed by atoms with van der Waals surface area (Å²) in [5.74, 6) is 5.17. The fourth-order valence-electron chi connectivity index (χ4n) is 10.1. The van der Waals surface area contributed by atoms with E-state index in [1.807, 2.05) is 0 Å². The minimum absolute atomic E-state index is 0.0901. The van der Waals surface area contributed by atoms with Crippen LogP contribution in [0.2, 0.25) is 0 Å². The van der Waals surface area contributed by atoms with Crippen LogP contribution in [0.15, 0.2) is 11.6 Å². The van der Waals surface area contributed by atoms with E-state index in [1.165, 1.54) is 57.8 Å². The van der Waals surface area contributed by atoms with Gasteiger partial charge < -0.3 is 19.7 Å². The smallest absolute Gasteiger partial charge is 0.157 e. The molecule has 3 saturated carbocycles. The van der Waals surface area contributed by atoms with Crippen LogP contribution in [-0.4, -0.2) is 36.3 Å². The van der Waals surface area contributed by atoms with Crippen molar-refractivity contribution in [2.75, 3.05) is 6.61 Å². The molecule has 5 rings (SSSR count). The number of allylic oxidation sites excluding steroid dienone is 1. The van der Waals surface area contributed by atoms with Gasteiger partial charge in [0.05, 0.1) is 18.8 Å². The van der Waals surface area contributed by atoms with Gasteiger partial charge in [-0.25, -0.2) is 0 Å². The van der Waals surface area contributed by atoms with Crippen LogP contribution >= 0.6 is 0 Å². The fourth-order valence-corrected chi connectivity index (χ4v) is 10.1. The van der Waals surface area contributed by atoms with Crippen molar-refractivity contribution < 1.29 is 19.7 Å². The monoisotopic (exact) mass is 515 g/mol. The van der Waals surface area contributed by atoms with E-state index in [-0.39, 0.29) is 18.8 Å². The largest absolute Gasteiger partial charge is 0.852 e. The molecule has 0 bridgehead atoms. The van der Waals surface area contributed by atoms with Crippen molar-refractivity contribution in [3.05, 3.63) is 11.6 Å². The molecule has 0 spiro atoms. The standard InChI is InChI=1S/C33H55O4/c1-21(2)7-6-8-22(3)28-11-12-29-27-10-9-23-17-25(36-31-19-24(35)18-26(20-34)37-31)13-15-32(23,4)30(27)14-16-33(28,29)5/h9,21-22,24-31,34H,6-8,10-20H2,1-5H3/q-1/t22?,24-,25-,26-,27?,28+,29?,30?,31+,32?,33+/m0/s1.